The number of hydrogen-bond acceptors (Lipinski definition) is 5. The van der Waals surface area contributed by atoms with Crippen LogP contribution in [0, 0.1) is 13.8 Å². The third-order valence-electron chi connectivity index (χ3n) is 5.39. The normalized spacial score (nSPS) is 15.6. The lowest BCUT2D eigenvalue weighted by molar-refractivity contribution is 0.0224. The van der Waals surface area contributed by atoms with E-state index in [0.29, 0.717) is 28.2 Å². The molecule has 0 amide bonds. The molecule has 2 N–H and O–H groups in total. The van der Waals surface area contributed by atoms with E-state index in [1.807, 2.05) is 26.0 Å². The fourth-order valence-electron chi connectivity index (χ4n) is 3.96. The molecular formula is C22H16O5. The Bertz CT molecular complexity index is 1090. The molecular weight excluding hydrogens is 344 g/mol. The zero-order valence-electron chi connectivity index (χ0n) is 14.7. The highest BCUT2D eigenvalue weighted by molar-refractivity contribution is 5.97. The highest BCUT2D eigenvalue weighted by Crippen LogP contribution is 2.57. The van der Waals surface area contributed by atoms with Crippen molar-refractivity contribution in [1.82, 2.24) is 0 Å². The quantitative estimate of drug-likeness (QED) is 0.585. The summed E-state index contributed by atoms with van der Waals surface area (Å²) in [7, 11) is 0. The number of aromatic hydroxyl groups is 2. The lowest BCUT2D eigenvalue weighted by Gasteiger charge is -2.36. The van der Waals surface area contributed by atoms with Crippen LogP contribution in [-0.2, 0) is 10.3 Å². The first-order chi connectivity index (χ1) is 12.9. The van der Waals surface area contributed by atoms with Crippen LogP contribution in [0.1, 0.15) is 38.2 Å². The van der Waals surface area contributed by atoms with E-state index >= 15 is 0 Å². The number of carbonyl (C=O) groups excluding carboxylic acids is 1. The van der Waals surface area contributed by atoms with Crippen molar-refractivity contribution in [2.45, 2.75) is 19.4 Å². The predicted octanol–water partition coefficient (Wildman–Crippen LogP) is 4.28. The van der Waals surface area contributed by atoms with E-state index in [1.54, 1.807) is 24.3 Å². The summed E-state index contributed by atoms with van der Waals surface area (Å²) in [5.74, 6) is 0.432. The number of benzene rings is 3. The molecule has 0 saturated heterocycles. The van der Waals surface area contributed by atoms with E-state index in [0.717, 1.165) is 16.7 Å². The summed E-state index contributed by atoms with van der Waals surface area (Å²) in [6.45, 7) is 3.94. The Morgan fingerprint density at radius 3 is 1.93 bits per heavy atom. The van der Waals surface area contributed by atoms with Gasteiger partial charge in [0, 0.05) is 28.8 Å². The van der Waals surface area contributed by atoms with E-state index in [-0.39, 0.29) is 11.5 Å². The van der Waals surface area contributed by atoms with E-state index < -0.39 is 11.6 Å². The van der Waals surface area contributed by atoms with Crippen molar-refractivity contribution < 1.29 is 24.5 Å². The number of phenolic OH excluding ortho intramolecular Hbond substituents is 2. The summed E-state index contributed by atoms with van der Waals surface area (Å²) >= 11 is 0. The molecule has 0 bridgehead atoms. The molecule has 5 nitrogen and oxygen atoms in total. The van der Waals surface area contributed by atoms with Crippen molar-refractivity contribution in [3.05, 3.63) is 81.9 Å². The van der Waals surface area contributed by atoms with E-state index in [2.05, 4.69) is 0 Å². The minimum absolute atomic E-state index is 0.0390. The molecule has 2 aliphatic heterocycles. The standard InChI is InChI=1S/C22H16O5/c1-11-7-15-18(8-12(11)2)22(27-21(15)25)16-5-3-13(23)9-19(16)26-20-10-14(24)4-6-17(20)22/h3-10,23-24H,1-2H3. The van der Waals surface area contributed by atoms with Gasteiger partial charge in [-0.1, -0.05) is 6.07 Å². The number of fused-ring (bicyclic) bond motifs is 6. The van der Waals surface area contributed by atoms with Crippen LogP contribution < -0.4 is 4.74 Å². The highest BCUT2D eigenvalue weighted by atomic mass is 16.6. The van der Waals surface area contributed by atoms with Gasteiger partial charge in [0.25, 0.3) is 0 Å². The highest BCUT2D eigenvalue weighted by Gasteiger charge is 2.53. The van der Waals surface area contributed by atoms with Gasteiger partial charge in [0.1, 0.15) is 23.0 Å². The van der Waals surface area contributed by atoms with Crippen LogP contribution in [0.5, 0.6) is 23.0 Å². The minimum Gasteiger partial charge on any atom is -0.508 e. The van der Waals surface area contributed by atoms with Crippen LogP contribution >= 0.6 is 0 Å². The smallest absolute Gasteiger partial charge is 0.340 e. The molecule has 3 aromatic rings. The zero-order chi connectivity index (χ0) is 18.9. The molecule has 2 aliphatic rings. The summed E-state index contributed by atoms with van der Waals surface area (Å²) in [6, 6.07) is 13.3. The topological polar surface area (TPSA) is 76.0 Å². The zero-order valence-corrected chi connectivity index (χ0v) is 14.7. The maximum absolute atomic E-state index is 12.8. The van der Waals surface area contributed by atoms with Crippen LogP contribution in [0.3, 0.4) is 0 Å². The molecule has 5 heteroatoms. The van der Waals surface area contributed by atoms with Crippen LogP contribution in [0.2, 0.25) is 0 Å². The monoisotopic (exact) mass is 360 g/mol. The number of rotatable bonds is 0. The first kappa shape index (κ1) is 15.8. The maximum atomic E-state index is 12.8. The van der Waals surface area contributed by atoms with Gasteiger partial charge >= 0.3 is 5.97 Å². The third kappa shape index (κ3) is 1.96. The van der Waals surface area contributed by atoms with Crippen molar-refractivity contribution in [2.24, 2.45) is 0 Å². The van der Waals surface area contributed by atoms with Gasteiger partial charge in [0.15, 0.2) is 5.60 Å². The Balaban J connectivity index is 1.92. The second-order valence-corrected chi connectivity index (χ2v) is 7.02. The van der Waals surface area contributed by atoms with Crippen LogP contribution in [0.4, 0.5) is 0 Å². The Morgan fingerprint density at radius 1 is 0.778 bits per heavy atom. The van der Waals surface area contributed by atoms with Gasteiger partial charge in [-0.3, -0.25) is 0 Å². The van der Waals surface area contributed by atoms with Crippen LogP contribution in [0.25, 0.3) is 0 Å². The molecule has 0 aliphatic carbocycles. The van der Waals surface area contributed by atoms with Gasteiger partial charge in [-0.15, -0.1) is 0 Å². The summed E-state index contributed by atoms with van der Waals surface area (Å²) in [5, 5.41) is 19.8. The van der Waals surface area contributed by atoms with Gasteiger partial charge in [-0.2, -0.15) is 0 Å². The summed E-state index contributed by atoms with van der Waals surface area (Å²) < 4.78 is 11.9. The minimum atomic E-state index is -1.19. The Morgan fingerprint density at radius 2 is 1.33 bits per heavy atom. The summed E-state index contributed by atoms with van der Waals surface area (Å²) in [6.07, 6.45) is 0. The van der Waals surface area contributed by atoms with Crippen molar-refractivity contribution in [1.29, 1.82) is 0 Å². The molecule has 0 fully saturated rings. The second kappa shape index (κ2) is 5.04. The molecule has 1 spiro atoms. The van der Waals surface area contributed by atoms with Gasteiger partial charge in [-0.05, 0) is 55.3 Å². The third-order valence-corrected chi connectivity index (χ3v) is 5.39. The average Bonchev–Trinajstić information content (AvgIpc) is 2.88. The van der Waals surface area contributed by atoms with Crippen LogP contribution in [0.15, 0.2) is 48.5 Å². The predicted molar refractivity (Wildman–Crippen MR) is 97.5 cm³/mol. The lowest BCUT2D eigenvalue weighted by Crippen LogP contribution is -2.33. The molecule has 27 heavy (non-hydrogen) atoms. The van der Waals surface area contributed by atoms with E-state index in [9.17, 15) is 15.0 Å². The molecule has 134 valence electrons. The van der Waals surface area contributed by atoms with Gasteiger partial charge in [0.05, 0.1) is 5.56 Å². The molecule has 0 radical (unpaired) electrons. The fraction of sp³-hybridized carbons (Fsp3) is 0.136. The number of esters is 1. The first-order valence-corrected chi connectivity index (χ1v) is 8.60. The van der Waals surface area contributed by atoms with Crippen molar-refractivity contribution in [2.75, 3.05) is 0 Å². The SMILES string of the molecule is Cc1cc2c(cc1C)C1(OC2=O)c2ccc(O)cc2Oc2cc(O)ccc21. The first-order valence-electron chi connectivity index (χ1n) is 8.60. The number of carbonyl (C=O) groups is 1. The molecule has 3 aromatic carbocycles. The number of phenols is 2. The number of aryl methyl sites for hydroxylation is 2. The fourth-order valence-corrected chi connectivity index (χ4v) is 3.96. The van der Waals surface area contributed by atoms with E-state index in [1.165, 1.54) is 12.1 Å². The van der Waals surface area contributed by atoms with Crippen molar-refractivity contribution >= 4 is 5.97 Å². The molecule has 0 atom stereocenters. The second-order valence-electron chi connectivity index (χ2n) is 7.02. The number of ether oxygens (including phenoxy) is 2. The average molecular weight is 360 g/mol. The molecule has 2 heterocycles. The Labute approximate surface area is 155 Å². The molecule has 0 saturated carbocycles. The molecule has 5 rings (SSSR count). The van der Waals surface area contributed by atoms with Gasteiger partial charge in [0.2, 0.25) is 0 Å². The van der Waals surface area contributed by atoms with Crippen molar-refractivity contribution in [3.63, 3.8) is 0 Å². The molecule has 0 aromatic heterocycles. The summed E-state index contributed by atoms with van der Waals surface area (Å²) in [5.41, 5.74) is 3.37. The Kier molecular flexibility index (Phi) is 2.94. The van der Waals surface area contributed by atoms with Gasteiger partial charge < -0.3 is 19.7 Å². The Hall–Kier alpha value is -3.47. The largest absolute Gasteiger partial charge is 0.508 e. The van der Waals surface area contributed by atoms with E-state index in [4.69, 9.17) is 9.47 Å². The number of hydrogen-bond donors (Lipinski definition) is 2. The molecule has 0 unspecified atom stereocenters. The van der Waals surface area contributed by atoms with Gasteiger partial charge in [-0.25, -0.2) is 4.79 Å². The lowest BCUT2D eigenvalue weighted by atomic mass is 9.77. The van der Waals surface area contributed by atoms with Crippen molar-refractivity contribution in [3.8, 4) is 23.0 Å². The van der Waals surface area contributed by atoms with Crippen LogP contribution in [-0.4, -0.2) is 16.2 Å². The summed E-state index contributed by atoms with van der Waals surface area (Å²) in [4.78, 5) is 12.8. The maximum Gasteiger partial charge on any atom is 0.340 e.